The molecule has 1 unspecified atom stereocenters. The molecule has 0 saturated carbocycles. The van der Waals surface area contributed by atoms with Gasteiger partial charge in [-0.05, 0) is 37.6 Å². The topological polar surface area (TPSA) is 163 Å². The fraction of sp³-hybridized carbons (Fsp3) is 0.292. The number of para-hydroxylation sites is 1. The third-order valence-corrected chi connectivity index (χ3v) is 7.39. The van der Waals surface area contributed by atoms with Gasteiger partial charge in [0.2, 0.25) is 21.9 Å². The van der Waals surface area contributed by atoms with Crippen LogP contribution in [0.4, 0.5) is 5.95 Å². The molecule has 0 fully saturated rings. The van der Waals surface area contributed by atoms with Crippen LogP contribution >= 0.6 is 0 Å². The second kappa shape index (κ2) is 11.0. The highest BCUT2D eigenvalue weighted by Crippen LogP contribution is 2.38. The predicted octanol–water partition coefficient (Wildman–Crippen LogP) is 2.32. The fourth-order valence-corrected chi connectivity index (χ4v) is 4.62. The van der Waals surface area contributed by atoms with Gasteiger partial charge in [-0.2, -0.15) is 0 Å². The molecule has 38 heavy (non-hydrogen) atoms. The number of aliphatic hydroxyl groups excluding tert-OH is 1. The molecule has 14 heteroatoms. The lowest BCUT2D eigenvalue weighted by Crippen LogP contribution is -2.32. The van der Waals surface area contributed by atoms with Crippen molar-refractivity contribution in [2.45, 2.75) is 25.2 Å². The Morgan fingerprint density at radius 1 is 0.947 bits per heavy atom. The van der Waals surface area contributed by atoms with Gasteiger partial charge in [0, 0.05) is 18.5 Å². The molecule has 3 aromatic heterocycles. The number of anilines is 1. The first kappa shape index (κ1) is 26.8. The number of hydrogen-bond donors (Lipinski definition) is 2. The molecule has 0 bridgehead atoms. The van der Waals surface area contributed by atoms with Crippen LogP contribution in [0.5, 0.6) is 17.4 Å². The monoisotopic (exact) mass is 541 g/mol. The highest BCUT2D eigenvalue weighted by Gasteiger charge is 2.34. The van der Waals surface area contributed by atoms with Crippen molar-refractivity contribution in [2.75, 3.05) is 26.1 Å². The van der Waals surface area contributed by atoms with E-state index in [0.29, 0.717) is 28.8 Å². The number of aliphatic hydroxyl groups is 1. The number of hydrogen-bond acceptors (Lipinski definition) is 11. The average molecular weight is 542 g/mol. The lowest BCUT2D eigenvalue weighted by atomic mass is 10.2. The van der Waals surface area contributed by atoms with E-state index in [9.17, 15) is 13.5 Å². The van der Waals surface area contributed by atoms with Gasteiger partial charge in [0.05, 0.1) is 21.3 Å². The molecule has 0 radical (unpaired) electrons. The molecule has 0 amide bonds. The maximum Gasteiger partial charge on any atom is 0.243 e. The first-order valence-corrected chi connectivity index (χ1v) is 12.9. The Balaban J connectivity index is 1.84. The predicted molar refractivity (Wildman–Crippen MR) is 138 cm³/mol. The van der Waals surface area contributed by atoms with Gasteiger partial charge in [0.1, 0.15) is 34.2 Å². The number of benzene rings is 1. The van der Waals surface area contributed by atoms with E-state index >= 15 is 0 Å². The molecule has 4 rings (SSSR count). The van der Waals surface area contributed by atoms with E-state index < -0.39 is 21.4 Å². The average Bonchev–Trinajstić information content (AvgIpc) is 3.34. The summed E-state index contributed by atoms with van der Waals surface area (Å²) in [5.41, 5.74) is 1.44. The Bertz CT molecular complexity index is 1500. The summed E-state index contributed by atoms with van der Waals surface area (Å²) < 4.78 is 47.0. The van der Waals surface area contributed by atoms with Crippen LogP contribution in [-0.2, 0) is 10.0 Å². The maximum absolute atomic E-state index is 13.4. The molecule has 1 aromatic carbocycles. The Kier molecular flexibility index (Phi) is 7.73. The number of aromatic nitrogens is 6. The maximum atomic E-state index is 13.4. The van der Waals surface area contributed by atoms with Crippen LogP contribution in [0.15, 0.2) is 48.8 Å². The number of pyridine rings is 1. The lowest BCUT2D eigenvalue weighted by Gasteiger charge is -2.20. The van der Waals surface area contributed by atoms with Gasteiger partial charge in [-0.1, -0.05) is 12.1 Å². The zero-order valence-electron chi connectivity index (χ0n) is 21.4. The molecule has 0 saturated heterocycles. The minimum Gasteiger partial charge on any atom is -0.494 e. The van der Waals surface area contributed by atoms with Crippen molar-refractivity contribution < 1.29 is 27.7 Å². The molecule has 0 aliphatic rings. The molecule has 0 spiro atoms. The van der Waals surface area contributed by atoms with Gasteiger partial charge >= 0.3 is 0 Å². The van der Waals surface area contributed by atoms with Crippen molar-refractivity contribution in [3.8, 4) is 34.6 Å². The third kappa shape index (κ3) is 5.21. The number of methoxy groups -OCH3 is 3. The lowest BCUT2D eigenvalue weighted by molar-refractivity contribution is 0.166. The van der Waals surface area contributed by atoms with Gasteiger partial charge < -0.3 is 19.3 Å². The van der Waals surface area contributed by atoms with Gasteiger partial charge in [0.25, 0.3) is 0 Å². The van der Waals surface area contributed by atoms with Crippen molar-refractivity contribution in [3.05, 3.63) is 60.2 Å². The number of ether oxygens (including phenoxy) is 3. The SMILES string of the molecule is COc1cccc(-c2nnc(NS(=O)(=O)[C@@H](C)C(O)c3ncc(C)cn3)n2-c2c(OC)cccc2OC)n1. The number of rotatable bonds is 10. The van der Waals surface area contributed by atoms with Crippen molar-refractivity contribution >= 4 is 16.0 Å². The van der Waals surface area contributed by atoms with Crippen LogP contribution in [0.2, 0.25) is 0 Å². The molecule has 2 atom stereocenters. The summed E-state index contributed by atoms with van der Waals surface area (Å²) in [6.45, 7) is 3.12. The Hall–Kier alpha value is -4.30. The highest BCUT2D eigenvalue weighted by atomic mass is 32.2. The van der Waals surface area contributed by atoms with E-state index in [1.807, 2.05) is 0 Å². The largest absolute Gasteiger partial charge is 0.494 e. The van der Waals surface area contributed by atoms with Gasteiger partial charge in [-0.25, -0.2) is 23.4 Å². The number of nitrogens with zero attached hydrogens (tertiary/aromatic N) is 6. The van der Waals surface area contributed by atoms with Crippen molar-refractivity contribution in [3.63, 3.8) is 0 Å². The first-order valence-electron chi connectivity index (χ1n) is 11.4. The summed E-state index contributed by atoms with van der Waals surface area (Å²) in [5, 5.41) is 17.7. The molecular formula is C24H27N7O6S. The van der Waals surface area contributed by atoms with Crippen molar-refractivity contribution in [1.29, 1.82) is 0 Å². The Morgan fingerprint density at radius 3 is 2.18 bits per heavy atom. The summed E-state index contributed by atoms with van der Waals surface area (Å²) in [4.78, 5) is 12.5. The van der Waals surface area contributed by atoms with Crippen LogP contribution in [-0.4, -0.2) is 69.8 Å². The number of nitrogens with one attached hydrogen (secondary N) is 1. The highest BCUT2D eigenvalue weighted by molar-refractivity contribution is 7.93. The second-order valence-corrected chi connectivity index (χ2v) is 10.2. The summed E-state index contributed by atoms with van der Waals surface area (Å²) in [6, 6.07) is 10.1. The minimum absolute atomic E-state index is 0.0254. The van der Waals surface area contributed by atoms with E-state index in [1.54, 1.807) is 43.3 Å². The van der Waals surface area contributed by atoms with E-state index in [1.165, 1.54) is 45.2 Å². The van der Waals surface area contributed by atoms with Gasteiger partial charge in [-0.3, -0.25) is 9.29 Å². The molecule has 4 aromatic rings. The second-order valence-electron chi connectivity index (χ2n) is 8.17. The molecule has 2 N–H and O–H groups in total. The number of sulfonamides is 1. The smallest absolute Gasteiger partial charge is 0.243 e. The summed E-state index contributed by atoms with van der Waals surface area (Å²) >= 11 is 0. The van der Waals surface area contributed by atoms with Crippen LogP contribution in [0.1, 0.15) is 24.4 Å². The molecule has 13 nitrogen and oxygen atoms in total. The van der Waals surface area contributed by atoms with Crippen molar-refractivity contribution in [2.24, 2.45) is 0 Å². The van der Waals surface area contributed by atoms with Crippen LogP contribution in [0.3, 0.4) is 0 Å². The Morgan fingerprint density at radius 2 is 1.58 bits per heavy atom. The summed E-state index contributed by atoms with van der Waals surface area (Å²) in [6.07, 6.45) is 1.48. The standard InChI is InChI=1S/C24H27N7O6S/c1-14-12-25-22(26-13-14)21(32)15(2)38(33,34)30-24-29-28-23(16-8-6-11-19(27-16)37-5)31(24)20-17(35-3)9-7-10-18(20)36-4/h6-13,15,21,32H,1-5H3,(H,29,30)/t15-,21?/m0/s1. The molecule has 0 aliphatic heterocycles. The first-order chi connectivity index (χ1) is 18.2. The summed E-state index contributed by atoms with van der Waals surface area (Å²) in [5.74, 6) is 1.00. The van der Waals surface area contributed by atoms with Crippen LogP contribution in [0.25, 0.3) is 17.2 Å². The van der Waals surface area contributed by atoms with Gasteiger partial charge in [0.15, 0.2) is 11.6 Å². The summed E-state index contributed by atoms with van der Waals surface area (Å²) in [7, 11) is 0.160. The zero-order valence-corrected chi connectivity index (χ0v) is 22.2. The normalized spacial score (nSPS) is 13.0. The molecular weight excluding hydrogens is 514 g/mol. The van der Waals surface area contributed by atoms with Crippen LogP contribution < -0.4 is 18.9 Å². The van der Waals surface area contributed by atoms with E-state index in [4.69, 9.17) is 14.2 Å². The van der Waals surface area contributed by atoms with E-state index in [0.717, 1.165) is 5.56 Å². The van der Waals surface area contributed by atoms with Crippen molar-refractivity contribution in [1.82, 2.24) is 29.7 Å². The molecule has 0 aliphatic carbocycles. The minimum atomic E-state index is -4.25. The number of aryl methyl sites for hydroxylation is 1. The molecule has 3 heterocycles. The third-order valence-electron chi connectivity index (χ3n) is 5.68. The quantitative estimate of drug-likeness (QED) is 0.303. The van der Waals surface area contributed by atoms with Crippen LogP contribution in [0, 0.1) is 6.92 Å². The van der Waals surface area contributed by atoms with Gasteiger partial charge in [-0.15, -0.1) is 10.2 Å². The Labute approximate surface area is 219 Å². The zero-order chi connectivity index (χ0) is 27.4. The fourth-order valence-electron chi connectivity index (χ4n) is 3.59. The molecule has 200 valence electrons. The van der Waals surface area contributed by atoms with E-state index in [2.05, 4.69) is 29.9 Å². The van der Waals surface area contributed by atoms with E-state index in [-0.39, 0.29) is 17.6 Å².